The first-order valence-corrected chi connectivity index (χ1v) is 9.75. The summed E-state index contributed by atoms with van der Waals surface area (Å²) >= 11 is 0. The Morgan fingerprint density at radius 1 is 1.14 bits per heavy atom. The highest BCUT2D eigenvalue weighted by atomic mass is 28.3. The molecule has 0 aliphatic carbocycles. The van der Waals surface area contributed by atoms with Crippen molar-refractivity contribution in [3.63, 3.8) is 0 Å². The lowest BCUT2D eigenvalue weighted by Crippen LogP contribution is -2.47. The van der Waals surface area contributed by atoms with Crippen LogP contribution < -0.4 is 0 Å². The van der Waals surface area contributed by atoms with Gasteiger partial charge in [0.05, 0.1) is 12.7 Å². The fraction of sp³-hybridized carbons (Fsp3) is 1.00. The summed E-state index contributed by atoms with van der Waals surface area (Å²) in [5.74, 6) is 0. The van der Waals surface area contributed by atoms with Crippen molar-refractivity contribution in [3.8, 4) is 0 Å². The number of likely N-dealkylation sites (N-methyl/N-ethyl adjacent to an activating group) is 1. The number of rotatable bonds is 10. The Hall–Kier alpha value is -0.0231. The van der Waals surface area contributed by atoms with Gasteiger partial charge in [-0.2, -0.15) is 0 Å². The highest BCUT2D eigenvalue weighted by molar-refractivity contribution is 6.43. The third-order valence-electron chi connectivity index (χ3n) is 4.09. The third kappa shape index (κ3) is 8.25. The van der Waals surface area contributed by atoms with E-state index < -0.39 is 15.4 Å². The van der Waals surface area contributed by atoms with Crippen molar-refractivity contribution in [2.45, 2.75) is 37.8 Å². The molecular weight excluding hydrogens is 288 g/mol. The molecule has 0 aromatic carbocycles. The van der Waals surface area contributed by atoms with Crippen molar-refractivity contribution in [1.82, 2.24) is 9.80 Å². The van der Waals surface area contributed by atoms with Gasteiger partial charge in [-0.25, -0.2) is 0 Å². The maximum absolute atomic E-state index is 9.97. The second kappa shape index (κ2) is 10.7. The Kier molecular flexibility index (Phi) is 9.66. The predicted octanol–water partition coefficient (Wildman–Crippen LogP) is -0.623. The van der Waals surface area contributed by atoms with Gasteiger partial charge in [0.2, 0.25) is 0 Å². The van der Waals surface area contributed by atoms with Crippen LogP contribution in [-0.2, 0) is 4.74 Å². The van der Waals surface area contributed by atoms with Crippen molar-refractivity contribution < 1.29 is 19.4 Å². The number of hydrogen-bond donors (Lipinski definition) is 3. The molecule has 1 fully saturated rings. The van der Waals surface area contributed by atoms with Crippen LogP contribution in [0, 0.1) is 0 Å². The first-order valence-electron chi connectivity index (χ1n) is 8.05. The van der Waals surface area contributed by atoms with Gasteiger partial charge in [0.1, 0.15) is 0 Å². The van der Waals surface area contributed by atoms with Gasteiger partial charge in [-0.15, -0.1) is 0 Å². The predicted molar refractivity (Wildman–Crippen MR) is 85.6 cm³/mol. The zero-order valence-electron chi connectivity index (χ0n) is 13.4. The zero-order valence-corrected chi connectivity index (χ0v) is 14.6. The Bertz CT molecular complexity index is 263. The number of nitrogens with zero attached hydrogens (tertiary/aromatic N) is 2. The van der Waals surface area contributed by atoms with Gasteiger partial charge in [0.15, 0.2) is 0 Å². The highest BCUT2D eigenvalue weighted by Gasteiger charge is 2.19. The van der Waals surface area contributed by atoms with Crippen molar-refractivity contribution in [2.24, 2.45) is 0 Å². The van der Waals surface area contributed by atoms with Gasteiger partial charge in [0, 0.05) is 44.9 Å². The van der Waals surface area contributed by atoms with E-state index in [0.29, 0.717) is 26.2 Å². The molecule has 0 aromatic rings. The van der Waals surface area contributed by atoms with E-state index in [9.17, 15) is 14.7 Å². The van der Waals surface area contributed by atoms with E-state index in [2.05, 4.69) is 16.8 Å². The molecule has 3 N–H and O–H groups in total. The van der Waals surface area contributed by atoms with Gasteiger partial charge < -0.3 is 24.3 Å². The Morgan fingerprint density at radius 2 is 1.81 bits per heavy atom. The summed E-state index contributed by atoms with van der Waals surface area (Å²) in [4.78, 5) is 23.3. The first-order chi connectivity index (χ1) is 10.0. The lowest BCUT2D eigenvalue weighted by atomic mass is 10.2. The zero-order chi connectivity index (χ0) is 15.7. The van der Waals surface area contributed by atoms with Crippen molar-refractivity contribution in [1.29, 1.82) is 0 Å². The molecule has 2 unspecified atom stereocenters. The second-order valence-corrected chi connectivity index (χ2v) is 7.85. The molecule has 1 saturated heterocycles. The fourth-order valence-corrected chi connectivity index (χ4v) is 3.71. The Labute approximate surface area is 130 Å². The van der Waals surface area contributed by atoms with E-state index in [1.54, 1.807) is 0 Å². The largest absolute Gasteiger partial charge is 0.413 e. The van der Waals surface area contributed by atoms with E-state index in [4.69, 9.17) is 4.74 Å². The third-order valence-corrected chi connectivity index (χ3v) is 5.60. The molecule has 126 valence electrons. The van der Waals surface area contributed by atoms with Crippen molar-refractivity contribution >= 4 is 9.28 Å². The summed E-state index contributed by atoms with van der Waals surface area (Å²) in [5, 5.41) is 9.97. The van der Waals surface area contributed by atoms with Gasteiger partial charge in [-0.05, 0) is 19.9 Å². The van der Waals surface area contributed by atoms with Crippen LogP contribution in [0.15, 0.2) is 0 Å². The van der Waals surface area contributed by atoms with Gasteiger partial charge >= 0.3 is 9.28 Å². The average Bonchev–Trinajstić information content (AvgIpc) is 2.44. The molecule has 21 heavy (non-hydrogen) atoms. The number of aliphatic hydroxyl groups excluding tert-OH is 1. The van der Waals surface area contributed by atoms with E-state index in [0.717, 1.165) is 39.0 Å². The molecule has 0 bridgehead atoms. The summed E-state index contributed by atoms with van der Waals surface area (Å²) in [6.07, 6.45) is 2.02. The standard InChI is InChI=1S/C14H32N2O4Si/c1-3-4-14(21(18)19)5-10-20-12-13(17)11-16-8-6-15(2)7-9-16/h13-14,17-19,21H,3-12H2,1-2H3. The minimum atomic E-state index is -2.56. The van der Waals surface area contributed by atoms with E-state index in [1.807, 2.05) is 6.92 Å². The quantitative estimate of drug-likeness (QED) is 0.368. The number of aliphatic hydroxyl groups is 1. The monoisotopic (exact) mass is 320 g/mol. The highest BCUT2D eigenvalue weighted by Crippen LogP contribution is 2.19. The van der Waals surface area contributed by atoms with Crippen LogP contribution in [0.5, 0.6) is 0 Å². The summed E-state index contributed by atoms with van der Waals surface area (Å²) in [5.41, 5.74) is 0.00442. The molecule has 0 radical (unpaired) electrons. The van der Waals surface area contributed by atoms with Crippen LogP contribution in [0.25, 0.3) is 0 Å². The molecule has 0 amide bonds. The summed E-state index contributed by atoms with van der Waals surface area (Å²) in [6.45, 7) is 7.61. The van der Waals surface area contributed by atoms with Crippen LogP contribution in [0.4, 0.5) is 0 Å². The molecule has 0 saturated carbocycles. The molecule has 1 rings (SSSR count). The lowest BCUT2D eigenvalue weighted by molar-refractivity contribution is 0.00754. The molecule has 1 aliphatic heterocycles. The molecule has 1 heterocycles. The molecule has 6 nitrogen and oxygen atoms in total. The smallest absolute Gasteiger partial charge is 0.319 e. The Balaban J connectivity index is 2.08. The summed E-state index contributed by atoms with van der Waals surface area (Å²) in [7, 11) is -0.449. The van der Waals surface area contributed by atoms with Crippen LogP contribution >= 0.6 is 0 Å². The van der Waals surface area contributed by atoms with Gasteiger partial charge in [-0.1, -0.05) is 13.3 Å². The maximum atomic E-state index is 9.97. The molecule has 0 aromatic heterocycles. The van der Waals surface area contributed by atoms with E-state index >= 15 is 0 Å². The van der Waals surface area contributed by atoms with E-state index in [-0.39, 0.29) is 5.54 Å². The van der Waals surface area contributed by atoms with Crippen molar-refractivity contribution in [3.05, 3.63) is 0 Å². The van der Waals surface area contributed by atoms with Gasteiger partial charge in [0.25, 0.3) is 0 Å². The SMILES string of the molecule is CCCC(CCOCC(O)CN1CCN(C)CC1)[SiH](O)O. The maximum Gasteiger partial charge on any atom is 0.319 e. The minimum Gasteiger partial charge on any atom is -0.413 e. The van der Waals surface area contributed by atoms with E-state index in [1.165, 1.54) is 0 Å². The van der Waals surface area contributed by atoms with Crippen LogP contribution in [-0.4, -0.2) is 92.9 Å². The number of hydrogen-bond acceptors (Lipinski definition) is 6. The van der Waals surface area contributed by atoms with Crippen LogP contribution in [0.3, 0.4) is 0 Å². The normalized spacial score (nSPS) is 20.9. The number of ether oxygens (including phenoxy) is 1. The summed E-state index contributed by atoms with van der Waals surface area (Å²) < 4.78 is 5.50. The van der Waals surface area contributed by atoms with Crippen LogP contribution in [0.2, 0.25) is 5.54 Å². The number of β-amino-alcohol motifs (C(OH)–C–C–N with tert-alkyl or cyclic N) is 1. The molecule has 0 spiro atoms. The lowest BCUT2D eigenvalue weighted by Gasteiger charge is -2.33. The summed E-state index contributed by atoms with van der Waals surface area (Å²) in [6, 6.07) is 0. The molecule has 1 aliphatic rings. The minimum absolute atomic E-state index is 0.00442. The molecular formula is C14H32N2O4Si. The molecule has 2 atom stereocenters. The van der Waals surface area contributed by atoms with Crippen molar-refractivity contribution in [2.75, 3.05) is 53.0 Å². The average molecular weight is 321 g/mol. The topological polar surface area (TPSA) is 76.4 Å². The second-order valence-electron chi connectivity index (χ2n) is 6.08. The van der Waals surface area contributed by atoms with Crippen LogP contribution in [0.1, 0.15) is 26.2 Å². The Morgan fingerprint density at radius 3 is 2.38 bits per heavy atom. The number of piperazine rings is 1. The fourth-order valence-electron chi connectivity index (χ4n) is 2.65. The first kappa shape index (κ1) is 19.0. The molecule has 7 heteroatoms. The van der Waals surface area contributed by atoms with Gasteiger partial charge in [-0.3, -0.25) is 4.90 Å².